The fourth-order valence-corrected chi connectivity index (χ4v) is 2.27. The van der Waals surface area contributed by atoms with Gasteiger partial charge in [0.1, 0.15) is 0 Å². The first-order chi connectivity index (χ1) is 8.79. The van der Waals surface area contributed by atoms with E-state index in [9.17, 15) is 0 Å². The summed E-state index contributed by atoms with van der Waals surface area (Å²) in [5, 5.41) is 7.40. The fraction of sp³-hybridized carbons (Fsp3) is 0.385. The lowest BCUT2D eigenvalue weighted by molar-refractivity contribution is 0.199. The summed E-state index contributed by atoms with van der Waals surface area (Å²) >= 11 is 1.66. The normalized spacial score (nSPS) is 10.8. The Balaban J connectivity index is 2.07. The van der Waals surface area contributed by atoms with Crippen LogP contribution in [0, 0.1) is 6.92 Å². The maximum absolute atomic E-state index is 4.99. The Morgan fingerprint density at radius 2 is 2.28 bits per heavy atom. The van der Waals surface area contributed by atoms with Crippen LogP contribution in [-0.4, -0.2) is 30.2 Å². The third-order valence-corrected chi connectivity index (χ3v) is 3.16. The van der Waals surface area contributed by atoms with Gasteiger partial charge in [0.05, 0.1) is 12.3 Å². The number of ether oxygens (including phenoxy) is 1. The van der Waals surface area contributed by atoms with E-state index < -0.39 is 0 Å². The van der Waals surface area contributed by atoms with E-state index in [1.807, 2.05) is 24.4 Å². The molecule has 2 rings (SSSR count). The maximum atomic E-state index is 4.99. The van der Waals surface area contributed by atoms with E-state index in [4.69, 9.17) is 4.74 Å². The highest BCUT2D eigenvalue weighted by molar-refractivity contribution is 7.08. The predicted octanol–water partition coefficient (Wildman–Crippen LogP) is 2.25. The molecule has 1 N–H and O–H groups in total. The zero-order valence-electron chi connectivity index (χ0n) is 10.6. The molecule has 96 valence electrons. The second kappa shape index (κ2) is 6.58. The van der Waals surface area contributed by atoms with Crippen LogP contribution < -0.4 is 5.32 Å². The largest absolute Gasteiger partial charge is 0.383 e. The minimum absolute atomic E-state index is 0.710. The number of hydrogen-bond donors (Lipinski definition) is 1. The molecule has 2 aromatic heterocycles. The lowest BCUT2D eigenvalue weighted by Gasteiger charge is -2.06. The smallest absolute Gasteiger partial charge is 0.160 e. The highest BCUT2D eigenvalue weighted by Crippen LogP contribution is 2.18. The lowest BCUT2D eigenvalue weighted by atomic mass is 10.2. The molecule has 0 amide bonds. The summed E-state index contributed by atoms with van der Waals surface area (Å²) in [4.78, 5) is 9.03. The van der Waals surface area contributed by atoms with Gasteiger partial charge in [0, 0.05) is 36.8 Å². The van der Waals surface area contributed by atoms with Crippen LogP contribution in [-0.2, 0) is 11.3 Å². The van der Waals surface area contributed by atoms with Gasteiger partial charge in [-0.25, -0.2) is 9.97 Å². The van der Waals surface area contributed by atoms with E-state index in [1.54, 1.807) is 18.4 Å². The van der Waals surface area contributed by atoms with Crippen molar-refractivity contribution in [2.24, 2.45) is 0 Å². The monoisotopic (exact) mass is 263 g/mol. The molecule has 0 bridgehead atoms. The van der Waals surface area contributed by atoms with E-state index >= 15 is 0 Å². The average Bonchev–Trinajstić information content (AvgIpc) is 2.88. The summed E-state index contributed by atoms with van der Waals surface area (Å²) in [6.07, 6.45) is 0. The molecule has 4 nitrogen and oxygen atoms in total. The predicted molar refractivity (Wildman–Crippen MR) is 73.7 cm³/mol. The van der Waals surface area contributed by atoms with Crippen molar-refractivity contribution in [3.63, 3.8) is 0 Å². The second-order valence-electron chi connectivity index (χ2n) is 4.01. The van der Waals surface area contributed by atoms with Crippen LogP contribution in [0.1, 0.15) is 11.4 Å². The van der Waals surface area contributed by atoms with Crippen molar-refractivity contribution in [3.8, 4) is 11.4 Å². The molecule has 0 aromatic carbocycles. The molecule has 2 heterocycles. The molecule has 0 atom stereocenters. The lowest BCUT2D eigenvalue weighted by Crippen LogP contribution is -2.19. The highest BCUT2D eigenvalue weighted by Gasteiger charge is 2.05. The number of nitrogens with zero attached hydrogens (tertiary/aromatic N) is 2. The van der Waals surface area contributed by atoms with Crippen LogP contribution >= 0.6 is 11.3 Å². The van der Waals surface area contributed by atoms with Crippen molar-refractivity contribution in [1.82, 2.24) is 15.3 Å². The Morgan fingerprint density at radius 3 is 3.00 bits per heavy atom. The third-order valence-electron chi connectivity index (χ3n) is 2.48. The van der Waals surface area contributed by atoms with Crippen molar-refractivity contribution >= 4 is 11.3 Å². The molecule has 0 fully saturated rings. The summed E-state index contributed by atoms with van der Waals surface area (Å²) in [6, 6.07) is 4.05. The van der Waals surface area contributed by atoms with Crippen molar-refractivity contribution < 1.29 is 4.74 Å². The minimum Gasteiger partial charge on any atom is -0.383 e. The van der Waals surface area contributed by atoms with Crippen LogP contribution in [0.5, 0.6) is 0 Å². The number of aromatic nitrogens is 2. The molecule has 0 saturated carbocycles. The van der Waals surface area contributed by atoms with Crippen LogP contribution in [0.25, 0.3) is 11.4 Å². The first-order valence-corrected chi connectivity index (χ1v) is 6.80. The zero-order valence-corrected chi connectivity index (χ0v) is 11.5. The molecule has 0 spiro atoms. The molecule has 5 heteroatoms. The van der Waals surface area contributed by atoms with Gasteiger partial charge < -0.3 is 10.1 Å². The standard InChI is InChI=1S/C13H17N3OS/c1-10-7-12(8-14-4-5-17-2)16-13(15-10)11-3-6-18-9-11/h3,6-7,9,14H,4-5,8H2,1-2H3. The van der Waals surface area contributed by atoms with Gasteiger partial charge >= 0.3 is 0 Å². The Bertz CT molecular complexity index is 485. The molecular weight excluding hydrogens is 246 g/mol. The third kappa shape index (κ3) is 3.60. The second-order valence-corrected chi connectivity index (χ2v) is 4.79. The van der Waals surface area contributed by atoms with E-state index in [-0.39, 0.29) is 0 Å². The minimum atomic E-state index is 0.710. The van der Waals surface area contributed by atoms with Gasteiger partial charge in [0.15, 0.2) is 5.82 Å². The average molecular weight is 263 g/mol. The summed E-state index contributed by atoms with van der Waals surface area (Å²) in [5.74, 6) is 0.805. The van der Waals surface area contributed by atoms with Gasteiger partial charge in [0.2, 0.25) is 0 Å². The van der Waals surface area contributed by atoms with E-state index in [1.165, 1.54) is 0 Å². The summed E-state index contributed by atoms with van der Waals surface area (Å²) < 4.78 is 4.99. The van der Waals surface area contributed by atoms with Crippen LogP contribution in [0.2, 0.25) is 0 Å². The Kier molecular flexibility index (Phi) is 4.81. The quantitative estimate of drug-likeness (QED) is 0.812. The van der Waals surface area contributed by atoms with E-state index in [0.717, 1.165) is 35.9 Å². The summed E-state index contributed by atoms with van der Waals surface area (Å²) in [7, 11) is 1.70. The fourth-order valence-electron chi connectivity index (χ4n) is 1.64. The number of hydrogen-bond acceptors (Lipinski definition) is 5. The van der Waals surface area contributed by atoms with Gasteiger partial charge in [-0.2, -0.15) is 11.3 Å². The van der Waals surface area contributed by atoms with Gasteiger partial charge in [-0.3, -0.25) is 0 Å². The number of rotatable bonds is 6. The molecule has 0 saturated heterocycles. The van der Waals surface area contributed by atoms with Gasteiger partial charge in [-0.05, 0) is 24.4 Å². The van der Waals surface area contributed by atoms with Gasteiger partial charge in [0.25, 0.3) is 0 Å². The number of nitrogens with one attached hydrogen (secondary N) is 1. The Hall–Kier alpha value is -1.30. The highest BCUT2D eigenvalue weighted by atomic mass is 32.1. The van der Waals surface area contributed by atoms with Crippen LogP contribution in [0.4, 0.5) is 0 Å². The maximum Gasteiger partial charge on any atom is 0.160 e. The van der Waals surface area contributed by atoms with E-state index in [2.05, 4.69) is 20.7 Å². The van der Waals surface area contributed by atoms with Crippen molar-refractivity contribution in [1.29, 1.82) is 0 Å². The van der Waals surface area contributed by atoms with Crippen LogP contribution in [0.15, 0.2) is 22.9 Å². The van der Waals surface area contributed by atoms with Gasteiger partial charge in [-0.1, -0.05) is 0 Å². The van der Waals surface area contributed by atoms with Crippen LogP contribution in [0.3, 0.4) is 0 Å². The first kappa shape index (κ1) is 13.1. The number of methoxy groups -OCH3 is 1. The summed E-state index contributed by atoms with van der Waals surface area (Å²) in [5.41, 5.74) is 3.09. The molecule has 0 unspecified atom stereocenters. The van der Waals surface area contributed by atoms with E-state index in [0.29, 0.717) is 6.61 Å². The molecule has 0 aliphatic heterocycles. The first-order valence-electron chi connectivity index (χ1n) is 5.86. The molecule has 0 radical (unpaired) electrons. The van der Waals surface area contributed by atoms with Crippen molar-refractivity contribution in [2.75, 3.05) is 20.3 Å². The molecular formula is C13H17N3OS. The molecule has 18 heavy (non-hydrogen) atoms. The zero-order chi connectivity index (χ0) is 12.8. The Morgan fingerprint density at radius 1 is 1.39 bits per heavy atom. The van der Waals surface area contributed by atoms with Crippen molar-refractivity contribution in [2.45, 2.75) is 13.5 Å². The number of thiophene rings is 1. The molecule has 2 aromatic rings. The number of aryl methyl sites for hydroxylation is 1. The summed E-state index contributed by atoms with van der Waals surface area (Å²) in [6.45, 7) is 4.27. The van der Waals surface area contributed by atoms with Gasteiger partial charge in [-0.15, -0.1) is 0 Å². The molecule has 0 aliphatic rings. The SMILES string of the molecule is COCCNCc1cc(C)nc(-c2ccsc2)n1. The molecule has 0 aliphatic carbocycles. The topological polar surface area (TPSA) is 47.0 Å². The van der Waals surface area contributed by atoms with Crippen molar-refractivity contribution in [3.05, 3.63) is 34.3 Å². The Labute approximate surface area is 111 Å².